The molecule has 0 spiro atoms. The zero-order valence-corrected chi connectivity index (χ0v) is 19.8. The Morgan fingerprint density at radius 3 is 2.54 bits per heavy atom. The third kappa shape index (κ3) is 4.98. The number of hydrogen-bond acceptors (Lipinski definition) is 5. The monoisotopic (exact) mass is 467 g/mol. The minimum atomic E-state index is -1.59. The number of hydrogen-bond donors (Lipinski definition) is 1. The minimum Gasteiger partial charge on any atom is -0.400 e. The lowest BCUT2D eigenvalue weighted by Crippen LogP contribution is -2.48. The van der Waals surface area contributed by atoms with E-state index in [1.54, 1.807) is 24.3 Å². The summed E-state index contributed by atoms with van der Waals surface area (Å²) in [5, 5.41) is 6.06. The number of esters is 1. The maximum Gasteiger partial charge on any atom is 0.359 e. The van der Waals surface area contributed by atoms with Crippen LogP contribution in [0.4, 0.5) is 0 Å². The van der Waals surface area contributed by atoms with Crippen molar-refractivity contribution in [2.75, 3.05) is 20.2 Å². The Hall–Kier alpha value is -3.51. The summed E-state index contributed by atoms with van der Waals surface area (Å²) in [6.45, 7) is 1.41. The molecule has 178 valence electrons. The van der Waals surface area contributed by atoms with Crippen molar-refractivity contribution >= 4 is 16.7 Å². The molecule has 2 atom stereocenters. The molecule has 5 rings (SSSR count). The van der Waals surface area contributed by atoms with Gasteiger partial charge in [0.2, 0.25) is 0 Å². The second-order valence-corrected chi connectivity index (χ2v) is 8.71. The Balaban J connectivity index is 1.28. The van der Waals surface area contributed by atoms with Crippen molar-refractivity contribution in [2.45, 2.75) is 24.9 Å². The SMILES string of the molecule is CO[C@@]1(OC(=O)c2ccccc2)O[C@@H](CNCCc2cccc3ccccc23)Cc2ccccc21. The lowest BCUT2D eigenvalue weighted by atomic mass is 9.96. The molecular formula is C30H29NO4. The highest BCUT2D eigenvalue weighted by molar-refractivity contribution is 5.89. The smallest absolute Gasteiger partial charge is 0.359 e. The molecule has 0 bridgehead atoms. The number of nitrogens with one attached hydrogen (secondary N) is 1. The first-order valence-corrected chi connectivity index (χ1v) is 12.0. The van der Waals surface area contributed by atoms with Gasteiger partial charge < -0.3 is 19.5 Å². The van der Waals surface area contributed by atoms with E-state index < -0.39 is 11.9 Å². The maximum atomic E-state index is 12.9. The largest absolute Gasteiger partial charge is 0.400 e. The Labute approximate surface area is 205 Å². The van der Waals surface area contributed by atoms with Gasteiger partial charge in [-0.05, 0) is 53.1 Å². The number of methoxy groups -OCH3 is 1. The summed E-state index contributed by atoms with van der Waals surface area (Å²) in [6, 6.07) is 31.6. The minimum absolute atomic E-state index is 0.221. The van der Waals surface area contributed by atoms with Crippen LogP contribution in [0.1, 0.15) is 27.0 Å². The summed E-state index contributed by atoms with van der Waals surface area (Å²) in [5.74, 6) is -2.09. The van der Waals surface area contributed by atoms with E-state index in [9.17, 15) is 4.79 Å². The van der Waals surface area contributed by atoms with Crippen molar-refractivity contribution in [3.63, 3.8) is 0 Å². The molecule has 4 aromatic carbocycles. The molecule has 35 heavy (non-hydrogen) atoms. The van der Waals surface area contributed by atoms with E-state index in [4.69, 9.17) is 14.2 Å². The van der Waals surface area contributed by atoms with Gasteiger partial charge in [-0.25, -0.2) is 4.79 Å². The number of benzene rings is 4. The van der Waals surface area contributed by atoms with Crippen molar-refractivity contribution in [2.24, 2.45) is 0 Å². The van der Waals surface area contributed by atoms with Crippen LogP contribution in [-0.4, -0.2) is 32.3 Å². The van der Waals surface area contributed by atoms with E-state index in [2.05, 4.69) is 47.8 Å². The molecule has 4 aromatic rings. The van der Waals surface area contributed by atoms with Crippen LogP contribution in [0.25, 0.3) is 10.8 Å². The topological polar surface area (TPSA) is 56.8 Å². The fourth-order valence-corrected chi connectivity index (χ4v) is 4.71. The average Bonchev–Trinajstić information content (AvgIpc) is 2.91. The molecule has 0 fully saturated rings. The highest BCUT2D eigenvalue weighted by atomic mass is 16.9. The maximum absolute atomic E-state index is 12.9. The van der Waals surface area contributed by atoms with Crippen molar-refractivity contribution in [3.05, 3.63) is 119 Å². The summed E-state index contributed by atoms with van der Waals surface area (Å²) < 4.78 is 18.0. The lowest BCUT2D eigenvalue weighted by Gasteiger charge is -2.40. The van der Waals surface area contributed by atoms with Gasteiger partial charge in [-0.3, -0.25) is 0 Å². The third-order valence-electron chi connectivity index (χ3n) is 6.44. The quantitative estimate of drug-likeness (QED) is 0.219. The van der Waals surface area contributed by atoms with E-state index in [1.807, 2.05) is 30.3 Å². The molecule has 1 aliphatic rings. The predicted molar refractivity (Wildman–Crippen MR) is 136 cm³/mol. The first-order valence-electron chi connectivity index (χ1n) is 12.0. The summed E-state index contributed by atoms with van der Waals surface area (Å²) in [6.07, 6.45) is 1.38. The van der Waals surface area contributed by atoms with Crippen molar-refractivity contribution in [1.82, 2.24) is 5.32 Å². The van der Waals surface area contributed by atoms with Crippen LogP contribution in [0, 0.1) is 0 Å². The predicted octanol–water partition coefficient (Wildman–Crippen LogP) is 5.23. The molecule has 0 amide bonds. The van der Waals surface area contributed by atoms with Gasteiger partial charge in [-0.15, -0.1) is 0 Å². The summed E-state index contributed by atoms with van der Waals surface area (Å²) in [5.41, 5.74) is 3.52. The average molecular weight is 468 g/mol. The summed E-state index contributed by atoms with van der Waals surface area (Å²) in [4.78, 5) is 12.9. The Kier molecular flexibility index (Phi) is 6.91. The fraction of sp³-hybridized carbons (Fsp3) is 0.233. The van der Waals surface area contributed by atoms with Gasteiger partial charge in [-0.1, -0.05) is 78.9 Å². The highest BCUT2D eigenvalue weighted by Crippen LogP contribution is 2.38. The Morgan fingerprint density at radius 2 is 1.69 bits per heavy atom. The van der Waals surface area contributed by atoms with Crippen LogP contribution in [0.15, 0.2) is 97.1 Å². The molecule has 5 nitrogen and oxygen atoms in total. The van der Waals surface area contributed by atoms with Crippen LogP contribution in [0.5, 0.6) is 0 Å². The molecule has 1 heterocycles. The molecule has 5 heteroatoms. The third-order valence-corrected chi connectivity index (χ3v) is 6.44. The zero-order valence-electron chi connectivity index (χ0n) is 19.8. The van der Waals surface area contributed by atoms with Gasteiger partial charge in [0.15, 0.2) is 0 Å². The Bertz CT molecular complexity index is 1300. The van der Waals surface area contributed by atoms with E-state index in [1.165, 1.54) is 23.4 Å². The molecule has 0 aliphatic carbocycles. The lowest BCUT2D eigenvalue weighted by molar-refractivity contribution is -0.378. The van der Waals surface area contributed by atoms with E-state index >= 15 is 0 Å². The second kappa shape index (κ2) is 10.4. The first kappa shape index (κ1) is 23.2. The fourth-order valence-electron chi connectivity index (χ4n) is 4.71. The molecule has 1 N–H and O–H groups in total. The van der Waals surface area contributed by atoms with Crippen LogP contribution in [0.3, 0.4) is 0 Å². The standard InChI is InChI=1S/C30H29NO4/c1-33-30(35-29(32)24-11-3-2-4-12-24)28-17-8-6-13-25(28)20-26(34-30)21-31-19-18-23-15-9-14-22-10-5-7-16-27(22)23/h2-17,26,31H,18-21H2,1H3/t26-,30-/m1/s1. The van der Waals surface area contributed by atoms with Crippen molar-refractivity contribution < 1.29 is 19.0 Å². The Morgan fingerprint density at radius 1 is 0.943 bits per heavy atom. The highest BCUT2D eigenvalue weighted by Gasteiger charge is 2.46. The first-order chi connectivity index (χ1) is 17.2. The molecule has 0 aromatic heterocycles. The number of carbonyl (C=O) groups is 1. The van der Waals surface area contributed by atoms with Crippen LogP contribution < -0.4 is 5.32 Å². The van der Waals surface area contributed by atoms with Crippen molar-refractivity contribution in [1.29, 1.82) is 0 Å². The van der Waals surface area contributed by atoms with Crippen LogP contribution >= 0.6 is 0 Å². The molecular weight excluding hydrogens is 438 g/mol. The van der Waals surface area contributed by atoms with Gasteiger partial charge in [0.05, 0.1) is 17.2 Å². The van der Waals surface area contributed by atoms with Gasteiger partial charge in [-0.2, -0.15) is 0 Å². The normalized spacial score (nSPS) is 19.3. The van der Waals surface area contributed by atoms with Gasteiger partial charge in [0.1, 0.15) is 0 Å². The van der Waals surface area contributed by atoms with Gasteiger partial charge in [0, 0.05) is 20.1 Å². The summed E-state index contributed by atoms with van der Waals surface area (Å²) >= 11 is 0. The van der Waals surface area contributed by atoms with E-state index in [0.717, 1.165) is 24.1 Å². The molecule has 0 unspecified atom stereocenters. The van der Waals surface area contributed by atoms with E-state index in [0.29, 0.717) is 18.5 Å². The number of carbonyl (C=O) groups excluding carboxylic acids is 1. The van der Waals surface area contributed by atoms with Gasteiger partial charge >= 0.3 is 11.9 Å². The molecule has 0 radical (unpaired) electrons. The second-order valence-electron chi connectivity index (χ2n) is 8.71. The zero-order chi connectivity index (χ0) is 24.1. The van der Waals surface area contributed by atoms with E-state index in [-0.39, 0.29) is 6.10 Å². The van der Waals surface area contributed by atoms with Gasteiger partial charge in [0.25, 0.3) is 0 Å². The number of fused-ring (bicyclic) bond motifs is 2. The van der Waals surface area contributed by atoms with Crippen LogP contribution in [-0.2, 0) is 33.0 Å². The van der Waals surface area contributed by atoms with Crippen LogP contribution in [0.2, 0.25) is 0 Å². The summed E-state index contributed by atoms with van der Waals surface area (Å²) in [7, 11) is 1.51. The molecule has 0 saturated carbocycles. The molecule has 0 saturated heterocycles. The van der Waals surface area contributed by atoms with Crippen molar-refractivity contribution in [3.8, 4) is 0 Å². The molecule has 1 aliphatic heterocycles. The number of ether oxygens (including phenoxy) is 3. The number of rotatable bonds is 8.